The zero-order valence-corrected chi connectivity index (χ0v) is 13.5. The Morgan fingerprint density at radius 3 is 2.48 bits per heavy atom. The van der Waals surface area contributed by atoms with Crippen molar-refractivity contribution < 1.29 is 18.8 Å². The van der Waals surface area contributed by atoms with Gasteiger partial charge in [0.25, 0.3) is 17.7 Å². The van der Waals surface area contributed by atoms with Gasteiger partial charge in [-0.1, -0.05) is 15.9 Å². The number of hydrogen-bond donors (Lipinski definition) is 1. The molecule has 2 aromatic rings. The standard InChI is InChI=1S/C16H10BrFN2O3/c1-20-15(22)10-5-3-9(7-12(10)16(20)23)19-14(21)11-4-2-8(17)6-13(11)18/h2-7H,1H3,(H,19,21). The molecule has 0 saturated carbocycles. The lowest BCUT2D eigenvalue weighted by atomic mass is 10.1. The molecular formula is C16H10BrFN2O3. The van der Waals surface area contributed by atoms with Crippen LogP contribution in [0.3, 0.4) is 0 Å². The van der Waals surface area contributed by atoms with Gasteiger partial charge in [0.05, 0.1) is 16.7 Å². The Balaban J connectivity index is 1.89. The Hall–Kier alpha value is -2.54. The first-order valence-corrected chi connectivity index (χ1v) is 7.40. The summed E-state index contributed by atoms with van der Waals surface area (Å²) in [5.41, 5.74) is 0.692. The molecule has 7 heteroatoms. The predicted molar refractivity (Wildman–Crippen MR) is 84.9 cm³/mol. The second kappa shape index (κ2) is 5.58. The van der Waals surface area contributed by atoms with Crippen molar-refractivity contribution in [3.8, 4) is 0 Å². The fourth-order valence-electron chi connectivity index (χ4n) is 2.31. The van der Waals surface area contributed by atoms with E-state index in [0.717, 1.165) is 4.90 Å². The van der Waals surface area contributed by atoms with Gasteiger partial charge in [0.1, 0.15) is 5.82 Å². The van der Waals surface area contributed by atoms with Crippen LogP contribution in [0.25, 0.3) is 0 Å². The minimum Gasteiger partial charge on any atom is -0.322 e. The van der Waals surface area contributed by atoms with Gasteiger partial charge >= 0.3 is 0 Å². The highest BCUT2D eigenvalue weighted by molar-refractivity contribution is 9.10. The molecule has 3 rings (SSSR count). The molecule has 0 atom stereocenters. The maximum Gasteiger partial charge on any atom is 0.261 e. The summed E-state index contributed by atoms with van der Waals surface area (Å²) >= 11 is 3.12. The van der Waals surface area contributed by atoms with Crippen molar-refractivity contribution in [2.24, 2.45) is 0 Å². The lowest BCUT2D eigenvalue weighted by Crippen LogP contribution is -2.24. The zero-order valence-electron chi connectivity index (χ0n) is 11.9. The third kappa shape index (κ3) is 2.63. The number of anilines is 1. The number of amides is 3. The van der Waals surface area contributed by atoms with Gasteiger partial charge in [0.2, 0.25) is 0 Å². The Labute approximate surface area is 139 Å². The van der Waals surface area contributed by atoms with E-state index in [-0.39, 0.29) is 22.6 Å². The van der Waals surface area contributed by atoms with Crippen LogP contribution in [0.2, 0.25) is 0 Å². The van der Waals surface area contributed by atoms with Gasteiger partial charge in [-0.15, -0.1) is 0 Å². The van der Waals surface area contributed by atoms with Crippen molar-refractivity contribution in [2.75, 3.05) is 12.4 Å². The van der Waals surface area contributed by atoms with Crippen molar-refractivity contribution >= 4 is 39.3 Å². The first kappa shape index (κ1) is 15.4. The van der Waals surface area contributed by atoms with Crippen LogP contribution in [0, 0.1) is 5.82 Å². The minimum atomic E-state index is -0.663. The Morgan fingerprint density at radius 2 is 1.78 bits per heavy atom. The second-order valence-corrected chi connectivity index (χ2v) is 5.92. The smallest absolute Gasteiger partial charge is 0.261 e. The Kier molecular flexibility index (Phi) is 3.73. The van der Waals surface area contributed by atoms with Crippen LogP contribution in [0.1, 0.15) is 31.1 Å². The van der Waals surface area contributed by atoms with Crippen LogP contribution >= 0.6 is 15.9 Å². The van der Waals surface area contributed by atoms with E-state index in [1.807, 2.05) is 0 Å². The van der Waals surface area contributed by atoms with Crippen LogP contribution in [0.5, 0.6) is 0 Å². The highest BCUT2D eigenvalue weighted by Gasteiger charge is 2.32. The number of nitrogens with one attached hydrogen (secondary N) is 1. The molecule has 1 N–H and O–H groups in total. The number of hydrogen-bond acceptors (Lipinski definition) is 3. The average Bonchev–Trinajstić information content (AvgIpc) is 2.72. The summed E-state index contributed by atoms with van der Waals surface area (Å²) in [5, 5.41) is 2.52. The molecule has 1 heterocycles. The van der Waals surface area contributed by atoms with Crippen LogP contribution < -0.4 is 5.32 Å². The fraction of sp³-hybridized carbons (Fsp3) is 0.0625. The normalized spacial score (nSPS) is 13.3. The van der Waals surface area contributed by atoms with E-state index in [9.17, 15) is 18.8 Å². The lowest BCUT2D eigenvalue weighted by Gasteiger charge is -2.07. The predicted octanol–water partition coefficient (Wildman–Crippen LogP) is 3.07. The highest BCUT2D eigenvalue weighted by atomic mass is 79.9. The van der Waals surface area contributed by atoms with Crippen LogP contribution in [0.4, 0.5) is 10.1 Å². The lowest BCUT2D eigenvalue weighted by molar-refractivity contribution is 0.0692. The van der Waals surface area contributed by atoms with Crippen molar-refractivity contribution in [2.45, 2.75) is 0 Å². The van der Waals surface area contributed by atoms with Gasteiger partial charge in [-0.3, -0.25) is 19.3 Å². The van der Waals surface area contributed by atoms with E-state index in [1.54, 1.807) is 6.07 Å². The van der Waals surface area contributed by atoms with Crippen LogP contribution in [0.15, 0.2) is 40.9 Å². The fourth-order valence-corrected chi connectivity index (χ4v) is 2.64. The molecule has 0 aliphatic carbocycles. The summed E-state index contributed by atoms with van der Waals surface area (Å²) in [6.07, 6.45) is 0. The minimum absolute atomic E-state index is 0.117. The molecule has 116 valence electrons. The molecule has 0 radical (unpaired) electrons. The van der Waals surface area contributed by atoms with Gasteiger partial charge in [-0.25, -0.2) is 4.39 Å². The van der Waals surface area contributed by atoms with Gasteiger partial charge in [0, 0.05) is 17.2 Å². The summed E-state index contributed by atoms with van der Waals surface area (Å²) in [6.45, 7) is 0. The maximum atomic E-state index is 13.8. The molecular weight excluding hydrogens is 367 g/mol. The molecule has 23 heavy (non-hydrogen) atoms. The third-order valence-corrected chi connectivity index (χ3v) is 4.02. The molecule has 0 fully saturated rings. The van der Waals surface area contributed by atoms with E-state index < -0.39 is 17.6 Å². The molecule has 1 aliphatic heterocycles. The number of imide groups is 1. The van der Waals surface area contributed by atoms with Gasteiger partial charge in [0.15, 0.2) is 0 Å². The van der Waals surface area contributed by atoms with Crippen molar-refractivity contribution in [3.63, 3.8) is 0 Å². The highest BCUT2D eigenvalue weighted by Crippen LogP contribution is 2.25. The number of carbonyl (C=O) groups is 3. The van der Waals surface area contributed by atoms with E-state index in [2.05, 4.69) is 21.2 Å². The van der Waals surface area contributed by atoms with E-state index >= 15 is 0 Å². The molecule has 5 nitrogen and oxygen atoms in total. The summed E-state index contributed by atoms with van der Waals surface area (Å²) in [6, 6.07) is 8.47. The number of rotatable bonds is 2. The SMILES string of the molecule is CN1C(=O)c2ccc(NC(=O)c3ccc(Br)cc3F)cc2C1=O. The maximum absolute atomic E-state index is 13.8. The summed E-state index contributed by atoms with van der Waals surface area (Å²) in [5.74, 6) is -2.12. The van der Waals surface area contributed by atoms with Gasteiger partial charge in [-0.2, -0.15) is 0 Å². The van der Waals surface area contributed by atoms with Gasteiger partial charge < -0.3 is 5.32 Å². The summed E-state index contributed by atoms with van der Waals surface area (Å²) < 4.78 is 14.3. The van der Waals surface area contributed by atoms with E-state index in [4.69, 9.17) is 0 Å². The number of carbonyl (C=O) groups excluding carboxylic acids is 3. The largest absolute Gasteiger partial charge is 0.322 e. The van der Waals surface area contributed by atoms with Crippen molar-refractivity contribution in [1.29, 1.82) is 0 Å². The molecule has 2 aromatic carbocycles. The number of halogens is 2. The molecule has 0 spiro atoms. The molecule has 0 unspecified atom stereocenters. The summed E-state index contributed by atoms with van der Waals surface area (Å²) in [4.78, 5) is 36.9. The monoisotopic (exact) mass is 376 g/mol. The topological polar surface area (TPSA) is 66.5 Å². The first-order valence-electron chi connectivity index (χ1n) is 6.61. The van der Waals surface area contributed by atoms with Crippen LogP contribution in [-0.2, 0) is 0 Å². The number of nitrogens with zero attached hydrogens (tertiary/aromatic N) is 1. The molecule has 0 saturated heterocycles. The van der Waals surface area contributed by atoms with E-state index in [1.165, 1.54) is 37.4 Å². The molecule has 0 bridgehead atoms. The number of fused-ring (bicyclic) bond motifs is 1. The average molecular weight is 377 g/mol. The van der Waals surface area contributed by atoms with E-state index in [0.29, 0.717) is 10.2 Å². The third-order valence-electron chi connectivity index (χ3n) is 3.52. The Bertz CT molecular complexity index is 866. The zero-order chi connectivity index (χ0) is 16.7. The molecule has 3 amide bonds. The Morgan fingerprint density at radius 1 is 1.09 bits per heavy atom. The van der Waals surface area contributed by atoms with Crippen molar-refractivity contribution in [1.82, 2.24) is 4.90 Å². The molecule has 1 aliphatic rings. The first-order chi connectivity index (χ1) is 10.9. The van der Waals surface area contributed by atoms with Crippen molar-refractivity contribution in [3.05, 3.63) is 63.4 Å². The second-order valence-electron chi connectivity index (χ2n) is 5.01. The number of benzene rings is 2. The molecule has 0 aromatic heterocycles. The quantitative estimate of drug-likeness (QED) is 0.819. The van der Waals surface area contributed by atoms with Gasteiger partial charge in [-0.05, 0) is 36.4 Å². The summed E-state index contributed by atoms with van der Waals surface area (Å²) in [7, 11) is 1.39. The van der Waals surface area contributed by atoms with Crippen LogP contribution in [-0.4, -0.2) is 29.7 Å².